The lowest BCUT2D eigenvalue weighted by molar-refractivity contribution is 0.0931. The number of fused-ring (bicyclic) bond motifs is 3. The van der Waals surface area contributed by atoms with Crippen molar-refractivity contribution in [2.45, 2.75) is 38.4 Å². The first-order chi connectivity index (χ1) is 23.6. The minimum atomic E-state index is -0.658. The number of aromatic nitrogens is 5. The van der Waals surface area contributed by atoms with E-state index < -0.39 is 34.0 Å². The Morgan fingerprint density at radius 1 is 0.959 bits per heavy atom. The molecule has 0 unspecified atom stereocenters. The van der Waals surface area contributed by atoms with E-state index in [1.165, 1.54) is 16.6 Å². The molecule has 2 amide bonds. The Morgan fingerprint density at radius 2 is 1.82 bits per heavy atom. The van der Waals surface area contributed by atoms with Gasteiger partial charge in [-0.25, -0.2) is 14.3 Å². The Kier molecular flexibility index (Phi) is 6.87. The minimum absolute atomic E-state index is 0.00929. The van der Waals surface area contributed by atoms with Gasteiger partial charge in [-0.1, -0.05) is 35.5 Å². The molecule has 1 atom stereocenters. The number of nitrogens with zero attached hydrogens (tertiary/aromatic N) is 4. The van der Waals surface area contributed by atoms with Crippen LogP contribution in [0.25, 0.3) is 17.0 Å². The fourth-order valence-corrected chi connectivity index (χ4v) is 6.68. The number of amides is 2. The molecule has 0 saturated carbocycles. The molecule has 2 aliphatic rings. The SMILES string of the molecule is Nc1c(N2CCc3ccc(CNC(=O)c4cc(C(=O)N[C@H]5CCc6cc(-c7noc(=O)[nH]7)ccc65)nc5cc(=O)[nH]n45)cc3C2)c(=O)c1=O. The third-order valence-corrected chi connectivity index (χ3v) is 9.14. The first-order valence-electron chi connectivity index (χ1n) is 15.5. The number of benzene rings is 2. The maximum absolute atomic E-state index is 13.5. The molecule has 8 rings (SSSR count). The Bertz CT molecular complexity index is 2530. The predicted octanol–water partition coefficient (Wildman–Crippen LogP) is 0.454. The summed E-state index contributed by atoms with van der Waals surface area (Å²) in [7, 11) is 0. The number of nitrogens with two attached hydrogens (primary N) is 1. The lowest BCUT2D eigenvalue weighted by atomic mass is 9.96. The third-order valence-electron chi connectivity index (χ3n) is 9.14. The lowest BCUT2D eigenvalue weighted by Gasteiger charge is -2.32. The van der Waals surface area contributed by atoms with Gasteiger partial charge >= 0.3 is 5.76 Å². The van der Waals surface area contributed by atoms with Crippen LogP contribution in [0, 0.1) is 0 Å². The van der Waals surface area contributed by atoms with Crippen LogP contribution in [0.5, 0.6) is 0 Å². The number of H-pyrrole nitrogens is 2. The van der Waals surface area contributed by atoms with E-state index in [0.717, 1.165) is 27.8 Å². The smallest absolute Gasteiger partial charge is 0.394 e. The van der Waals surface area contributed by atoms with E-state index in [4.69, 9.17) is 5.73 Å². The van der Waals surface area contributed by atoms with Gasteiger partial charge in [0.15, 0.2) is 11.5 Å². The number of anilines is 2. The summed E-state index contributed by atoms with van der Waals surface area (Å²) in [6.45, 7) is 1.09. The van der Waals surface area contributed by atoms with Crippen LogP contribution in [0.15, 0.2) is 72.2 Å². The average molecular weight is 662 g/mol. The molecule has 16 nitrogen and oxygen atoms in total. The number of aromatic amines is 2. The van der Waals surface area contributed by atoms with E-state index in [-0.39, 0.29) is 41.0 Å². The van der Waals surface area contributed by atoms with Crippen LogP contribution in [0.3, 0.4) is 0 Å². The summed E-state index contributed by atoms with van der Waals surface area (Å²) in [6, 6.07) is 13.5. The van der Waals surface area contributed by atoms with Crippen molar-refractivity contribution in [2.24, 2.45) is 0 Å². The van der Waals surface area contributed by atoms with Gasteiger partial charge < -0.3 is 21.3 Å². The average Bonchev–Trinajstić information content (AvgIpc) is 3.83. The van der Waals surface area contributed by atoms with E-state index in [0.29, 0.717) is 43.7 Å². The van der Waals surface area contributed by atoms with Gasteiger partial charge in [0.1, 0.15) is 22.8 Å². The molecule has 246 valence electrons. The molecule has 3 aromatic heterocycles. The van der Waals surface area contributed by atoms with Crippen LogP contribution in [-0.2, 0) is 25.9 Å². The summed E-state index contributed by atoms with van der Waals surface area (Å²) >= 11 is 0. The molecule has 1 aliphatic heterocycles. The summed E-state index contributed by atoms with van der Waals surface area (Å²) in [4.78, 5) is 83.0. The van der Waals surface area contributed by atoms with Gasteiger partial charge in [-0.3, -0.25) is 38.6 Å². The molecule has 0 radical (unpaired) electrons. The Morgan fingerprint density at radius 3 is 2.61 bits per heavy atom. The molecular formula is C33H27N9O7. The van der Waals surface area contributed by atoms with Crippen LogP contribution in [0.2, 0.25) is 0 Å². The van der Waals surface area contributed by atoms with Crippen molar-refractivity contribution in [1.82, 2.24) is 35.4 Å². The minimum Gasteiger partial charge on any atom is -0.394 e. The van der Waals surface area contributed by atoms with E-state index in [9.17, 15) is 28.8 Å². The normalized spacial score (nSPS) is 15.3. The number of carbonyl (C=O) groups excluding carboxylic acids is 2. The van der Waals surface area contributed by atoms with Crippen molar-refractivity contribution in [3.8, 4) is 11.4 Å². The predicted molar refractivity (Wildman–Crippen MR) is 175 cm³/mol. The third kappa shape index (κ3) is 5.18. The van der Waals surface area contributed by atoms with Crippen LogP contribution in [0.4, 0.5) is 11.4 Å². The molecular weight excluding hydrogens is 634 g/mol. The second kappa shape index (κ2) is 11.3. The molecule has 0 bridgehead atoms. The van der Waals surface area contributed by atoms with E-state index in [2.05, 4.69) is 35.4 Å². The lowest BCUT2D eigenvalue weighted by Crippen LogP contribution is -2.44. The molecule has 0 spiro atoms. The molecule has 4 heterocycles. The van der Waals surface area contributed by atoms with Crippen LogP contribution in [-0.4, -0.2) is 43.1 Å². The Labute approximate surface area is 274 Å². The van der Waals surface area contributed by atoms with E-state index in [1.54, 1.807) is 11.0 Å². The fourth-order valence-electron chi connectivity index (χ4n) is 6.68. The highest BCUT2D eigenvalue weighted by molar-refractivity contribution is 5.98. The molecule has 0 fully saturated rings. The van der Waals surface area contributed by atoms with Crippen molar-refractivity contribution >= 4 is 28.8 Å². The number of hydrogen-bond donors (Lipinski definition) is 5. The highest BCUT2D eigenvalue weighted by Crippen LogP contribution is 2.34. The summed E-state index contributed by atoms with van der Waals surface area (Å²) in [5.41, 5.74) is 9.77. The standard InChI is InChI=1S/C33H27N9O7/c34-26-27(29(45)28(26)44)41-8-7-16-2-1-15(9-19(16)14-41)13-35-32(47)23-11-22(36-24-12-25(43)39-42(23)24)31(46)37-21-6-4-17-10-18(3-5-20(17)21)30-38-33(48)49-40-30/h1-3,5,9-12,21H,4,6-8,13-14,34H2,(H,35,47)(H,37,46)(H,39,43)(H,38,40,48)/t21-/m0/s1. The van der Waals surface area contributed by atoms with Crippen molar-refractivity contribution in [3.63, 3.8) is 0 Å². The molecule has 1 aliphatic carbocycles. The largest absolute Gasteiger partial charge is 0.439 e. The zero-order valence-corrected chi connectivity index (χ0v) is 25.7. The summed E-state index contributed by atoms with van der Waals surface area (Å²) in [5.74, 6) is -1.41. The zero-order chi connectivity index (χ0) is 34.0. The Balaban J connectivity index is 0.990. The number of nitrogen functional groups attached to an aromatic ring is 1. The molecule has 49 heavy (non-hydrogen) atoms. The summed E-state index contributed by atoms with van der Waals surface area (Å²) in [5, 5.41) is 12.1. The van der Waals surface area contributed by atoms with Crippen LogP contribution < -0.4 is 43.4 Å². The van der Waals surface area contributed by atoms with Gasteiger partial charge in [0.25, 0.3) is 28.2 Å². The van der Waals surface area contributed by atoms with Gasteiger partial charge in [-0.05, 0) is 53.1 Å². The summed E-state index contributed by atoms with van der Waals surface area (Å²) < 4.78 is 5.83. The quantitative estimate of drug-likeness (QED) is 0.148. The second-order valence-electron chi connectivity index (χ2n) is 12.1. The van der Waals surface area contributed by atoms with Gasteiger partial charge in [0.05, 0.1) is 6.04 Å². The van der Waals surface area contributed by atoms with Gasteiger partial charge in [0, 0.05) is 37.3 Å². The number of hydrogen-bond acceptors (Lipinski definition) is 11. The number of carbonyl (C=O) groups is 2. The second-order valence-corrected chi connectivity index (χ2v) is 12.1. The van der Waals surface area contributed by atoms with Crippen molar-refractivity contribution in [3.05, 3.63) is 129 Å². The van der Waals surface area contributed by atoms with Crippen LogP contribution in [0.1, 0.15) is 61.3 Å². The van der Waals surface area contributed by atoms with Crippen molar-refractivity contribution in [2.75, 3.05) is 17.2 Å². The number of rotatable bonds is 7. The summed E-state index contributed by atoms with van der Waals surface area (Å²) in [6.07, 6.45) is 1.96. The van der Waals surface area contributed by atoms with E-state index in [1.807, 2.05) is 30.3 Å². The van der Waals surface area contributed by atoms with E-state index >= 15 is 0 Å². The molecule has 6 aromatic rings. The maximum atomic E-state index is 13.5. The Hall–Kier alpha value is -6.58. The number of aryl methyl sites for hydroxylation is 1. The van der Waals surface area contributed by atoms with Gasteiger partial charge in [-0.15, -0.1) is 0 Å². The monoisotopic (exact) mass is 661 g/mol. The highest BCUT2D eigenvalue weighted by Gasteiger charge is 2.28. The molecule has 0 saturated heterocycles. The first kappa shape index (κ1) is 29.8. The van der Waals surface area contributed by atoms with Crippen molar-refractivity contribution in [1.29, 1.82) is 0 Å². The molecule has 16 heteroatoms. The van der Waals surface area contributed by atoms with Gasteiger partial charge in [-0.2, -0.15) is 0 Å². The number of nitrogens with one attached hydrogen (secondary N) is 4. The first-order valence-corrected chi connectivity index (χ1v) is 15.5. The highest BCUT2D eigenvalue weighted by atomic mass is 16.5. The van der Waals surface area contributed by atoms with Crippen LogP contribution >= 0.6 is 0 Å². The topological polar surface area (TPSA) is 231 Å². The maximum Gasteiger partial charge on any atom is 0.439 e. The zero-order valence-electron chi connectivity index (χ0n) is 25.7. The van der Waals surface area contributed by atoms with Gasteiger partial charge in [0.2, 0.25) is 0 Å². The molecule has 6 N–H and O–H groups in total. The fraction of sp³-hybridized carbons (Fsp3) is 0.212. The van der Waals surface area contributed by atoms with Crippen molar-refractivity contribution < 1.29 is 14.1 Å². The molecule has 3 aromatic carbocycles.